The van der Waals surface area contributed by atoms with E-state index >= 15 is 0 Å². The summed E-state index contributed by atoms with van der Waals surface area (Å²) in [6, 6.07) is 22.7. The zero-order chi connectivity index (χ0) is 25.2. The molecule has 0 spiro atoms. The third kappa shape index (κ3) is 8.31. The van der Waals surface area contributed by atoms with E-state index in [1.54, 1.807) is 11.0 Å². The van der Waals surface area contributed by atoms with Gasteiger partial charge in [-0.25, -0.2) is 0 Å². The van der Waals surface area contributed by atoms with Crippen molar-refractivity contribution < 1.29 is 9.59 Å². The molecule has 1 unspecified atom stereocenters. The molecule has 4 nitrogen and oxygen atoms in total. The second kappa shape index (κ2) is 13.6. The lowest BCUT2D eigenvalue weighted by Gasteiger charge is -2.31. The van der Waals surface area contributed by atoms with Crippen molar-refractivity contribution >= 4 is 46.8 Å². The zero-order valence-electron chi connectivity index (χ0n) is 20.0. The lowest BCUT2D eigenvalue weighted by atomic mass is 10.0. The van der Waals surface area contributed by atoms with Crippen LogP contribution in [0.25, 0.3) is 0 Å². The summed E-state index contributed by atoms with van der Waals surface area (Å²) in [5, 5.41) is 3.93. The Bertz CT molecular complexity index is 1120. The minimum Gasteiger partial charge on any atom is -0.355 e. The van der Waals surface area contributed by atoms with Gasteiger partial charge in [0.05, 0.1) is 15.8 Å². The molecule has 0 aliphatic heterocycles. The minimum atomic E-state index is -0.614. The summed E-state index contributed by atoms with van der Waals surface area (Å²) < 4.78 is 0. The highest BCUT2D eigenvalue weighted by Crippen LogP contribution is 2.25. The number of halogens is 2. The molecule has 0 radical (unpaired) electrons. The number of thioether (sulfide) groups is 1. The second-order valence-electron chi connectivity index (χ2n) is 8.35. The molecule has 3 aromatic carbocycles. The Labute approximate surface area is 222 Å². The number of aryl methyl sites for hydroxylation is 1. The van der Waals surface area contributed by atoms with Crippen LogP contribution in [0.5, 0.6) is 0 Å². The van der Waals surface area contributed by atoms with Crippen molar-refractivity contribution in [1.82, 2.24) is 10.2 Å². The Balaban J connectivity index is 1.81. The molecule has 0 aliphatic rings. The molecule has 3 aromatic rings. The third-order valence-corrected chi connectivity index (χ3v) is 7.30. The predicted molar refractivity (Wildman–Crippen MR) is 147 cm³/mol. The van der Waals surface area contributed by atoms with Crippen molar-refractivity contribution in [2.24, 2.45) is 0 Å². The fourth-order valence-corrected chi connectivity index (χ4v) is 4.88. The first-order valence-corrected chi connectivity index (χ1v) is 13.5. The molecule has 0 aliphatic carbocycles. The predicted octanol–water partition coefficient (Wildman–Crippen LogP) is 6.31. The van der Waals surface area contributed by atoms with Crippen LogP contribution in [-0.4, -0.2) is 35.1 Å². The van der Waals surface area contributed by atoms with Gasteiger partial charge in [0.15, 0.2) is 0 Å². The fraction of sp³-hybridized carbons (Fsp3) is 0.286. The van der Waals surface area contributed by atoms with Gasteiger partial charge in [-0.1, -0.05) is 89.4 Å². The lowest BCUT2D eigenvalue weighted by Crippen LogP contribution is -2.51. The van der Waals surface area contributed by atoms with Crippen LogP contribution in [0, 0.1) is 6.92 Å². The van der Waals surface area contributed by atoms with Crippen molar-refractivity contribution in [3.8, 4) is 0 Å². The maximum Gasteiger partial charge on any atom is 0.243 e. The van der Waals surface area contributed by atoms with E-state index in [4.69, 9.17) is 23.2 Å². The lowest BCUT2D eigenvalue weighted by molar-refractivity contribution is -0.139. The Morgan fingerprint density at radius 3 is 2.26 bits per heavy atom. The van der Waals surface area contributed by atoms with Crippen LogP contribution in [0.4, 0.5) is 0 Å². The van der Waals surface area contributed by atoms with Crippen molar-refractivity contribution in [3.05, 3.63) is 105 Å². The second-order valence-corrected chi connectivity index (χ2v) is 10.1. The molecule has 7 heteroatoms. The van der Waals surface area contributed by atoms with E-state index in [-0.39, 0.29) is 17.6 Å². The average Bonchev–Trinajstić information content (AvgIpc) is 2.85. The van der Waals surface area contributed by atoms with Gasteiger partial charge in [0, 0.05) is 25.3 Å². The monoisotopic (exact) mass is 528 g/mol. The highest BCUT2D eigenvalue weighted by atomic mass is 35.5. The zero-order valence-corrected chi connectivity index (χ0v) is 22.3. The van der Waals surface area contributed by atoms with E-state index in [1.807, 2.05) is 80.6 Å². The average molecular weight is 530 g/mol. The Morgan fingerprint density at radius 1 is 0.914 bits per heavy atom. The summed E-state index contributed by atoms with van der Waals surface area (Å²) in [6.45, 7) is 4.78. The quantitative estimate of drug-likeness (QED) is 0.317. The molecule has 1 N–H and O–H groups in total. The highest BCUT2D eigenvalue weighted by Gasteiger charge is 2.30. The van der Waals surface area contributed by atoms with Gasteiger partial charge in [-0.15, -0.1) is 11.8 Å². The van der Waals surface area contributed by atoms with Gasteiger partial charge < -0.3 is 10.2 Å². The minimum absolute atomic E-state index is 0.0807. The number of carbonyl (C=O) groups is 2. The van der Waals surface area contributed by atoms with E-state index < -0.39 is 6.04 Å². The van der Waals surface area contributed by atoms with Crippen molar-refractivity contribution in [1.29, 1.82) is 0 Å². The Hall–Kier alpha value is -2.47. The smallest absolute Gasteiger partial charge is 0.243 e. The largest absolute Gasteiger partial charge is 0.355 e. The molecule has 0 saturated carbocycles. The number of nitrogens with zero attached hydrogens (tertiary/aromatic N) is 1. The maximum absolute atomic E-state index is 13.5. The number of amides is 2. The standard InChI is InChI=1S/C28H30Cl2N2O2S/c1-3-31-28(34)26(16-21-7-5-4-6-8-21)32(17-22-11-9-20(2)10-12-22)27(33)19-35-18-23-13-14-24(29)25(30)15-23/h4-15,26H,3,16-19H2,1-2H3,(H,31,34). The molecular weight excluding hydrogens is 499 g/mol. The summed E-state index contributed by atoms with van der Waals surface area (Å²) in [7, 11) is 0. The summed E-state index contributed by atoms with van der Waals surface area (Å²) in [5.41, 5.74) is 4.13. The molecule has 2 amide bonds. The molecule has 3 rings (SSSR count). The third-order valence-electron chi connectivity index (χ3n) is 5.57. The van der Waals surface area contributed by atoms with Crippen LogP contribution >= 0.6 is 35.0 Å². The normalized spacial score (nSPS) is 11.7. The first kappa shape index (κ1) is 27.1. The van der Waals surface area contributed by atoms with Gasteiger partial charge in [0.25, 0.3) is 0 Å². The first-order chi connectivity index (χ1) is 16.9. The van der Waals surface area contributed by atoms with E-state index in [1.165, 1.54) is 11.8 Å². The number of benzene rings is 3. The summed E-state index contributed by atoms with van der Waals surface area (Å²) >= 11 is 13.6. The first-order valence-electron chi connectivity index (χ1n) is 11.6. The van der Waals surface area contributed by atoms with Crippen molar-refractivity contribution in [3.63, 3.8) is 0 Å². The summed E-state index contributed by atoms with van der Waals surface area (Å²) in [6.07, 6.45) is 0.446. The number of carbonyl (C=O) groups excluding carboxylic acids is 2. The molecule has 35 heavy (non-hydrogen) atoms. The van der Waals surface area contributed by atoms with Crippen molar-refractivity contribution in [2.45, 2.75) is 38.6 Å². The van der Waals surface area contributed by atoms with E-state index in [0.29, 0.717) is 35.3 Å². The topological polar surface area (TPSA) is 49.4 Å². The number of hydrogen-bond acceptors (Lipinski definition) is 3. The molecule has 184 valence electrons. The molecule has 0 saturated heterocycles. The Kier molecular flexibility index (Phi) is 10.5. The summed E-state index contributed by atoms with van der Waals surface area (Å²) in [4.78, 5) is 28.4. The van der Waals surface area contributed by atoms with Crippen LogP contribution in [-0.2, 0) is 28.3 Å². The van der Waals surface area contributed by atoms with Gasteiger partial charge >= 0.3 is 0 Å². The fourth-order valence-electron chi connectivity index (χ4n) is 3.70. The van der Waals surface area contributed by atoms with Crippen molar-refractivity contribution in [2.75, 3.05) is 12.3 Å². The molecule has 0 bridgehead atoms. The number of likely N-dealkylation sites (N-methyl/N-ethyl adjacent to an activating group) is 1. The van der Waals surface area contributed by atoms with Crippen LogP contribution in [0.1, 0.15) is 29.2 Å². The van der Waals surface area contributed by atoms with Gasteiger partial charge in [-0.05, 0) is 42.7 Å². The molecular formula is C28H30Cl2N2O2S. The van der Waals surface area contributed by atoms with Gasteiger partial charge in [0.1, 0.15) is 6.04 Å². The molecule has 1 atom stereocenters. The highest BCUT2D eigenvalue weighted by molar-refractivity contribution is 7.99. The van der Waals surface area contributed by atoms with E-state index in [9.17, 15) is 9.59 Å². The van der Waals surface area contributed by atoms with Gasteiger partial charge in [0.2, 0.25) is 11.8 Å². The van der Waals surface area contributed by atoms with Crippen LogP contribution in [0.15, 0.2) is 72.8 Å². The number of hydrogen-bond donors (Lipinski definition) is 1. The van der Waals surface area contributed by atoms with E-state index in [2.05, 4.69) is 5.32 Å². The molecule has 0 aromatic heterocycles. The number of nitrogens with one attached hydrogen (secondary N) is 1. The molecule has 0 fully saturated rings. The van der Waals surface area contributed by atoms with Crippen LogP contribution in [0.2, 0.25) is 10.0 Å². The van der Waals surface area contributed by atoms with Crippen LogP contribution in [0.3, 0.4) is 0 Å². The van der Waals surface area contributed by atoms with Crippen LogP contribution < -0.4 is 5.32 Å². The SMILES string of the molecule is CCNC(=O)C(Cc1ccccc1)N(Cc1ccc(C)cc1)C(=O)CSCc1ccc(Cl)c(Cl)c1. The Morgan fingerprint density at radius 2 is 1.60 bits per heavy atom. The number of rotatable bonds is 11. The molecule has 0 heterocycles. The summed E-state index contributed by atoms with van der Waals surface area (Å²) in [5.74, 6) is 0.636. The maximum atomic E-state index is 13.5. The van der Waals surface area contributed by atoms with Gasteiger partial charge in [-0.2, -0.15) is 0 Å². The van der Waals surface area contributed by atoms with E-state index in [0.717, 1.165) is 22.3 Å². The van der Waals surface area contributed by atoms with Gasteiger partial charge in [-0.3, -0.25) is 9.59 Å².